The third-order valence-corrected chi connectivity index (χ3v) is 14.1. The maximum Gasteiger partial charge on any atom is 0.438 e. The van der Waals surface area contributed by atoms with Crippen LogP contribution < -0.4 is 11.4 Å². The van der Waals surface area contributed by atoms with Gasteiger partial charge in [0.25, 0.3) is 0 Å². The molecule has 0 amide bonds. The zero-order chi connectivity index (χ0) is 44.4. The van der Waals surface area contributed by atoms with Gasteiger partial charge in [-0.2, -0.15) is 10.2 Å². The van der Waals surface area contributed by atoms with Crippen molar-refractivity contribution in [3.8, 4) is 17.2 Å². The van der Waals surface area contributed by atoms with E-state index >= 15 is 8.78 Å². The number of benzene rings is 3. The molecule has 1 saturated heterocycles. The van der Waals surface area contributed by atoms with Crippen molar-refractivity contribution in [2.24, 2.45) is 13.0 Å². The average Bonchev–Trinajstić information content (AvgIpc) is 3.81. The normalized spacial score (nSPS) is 21.2. The molecule has 0 radical (unpaired) electrons. The minimum atomic E-state index is -0.610. The van der Waals surface area contributed by atoms with Crippen molar-refractivity contribution in [2.75, 3.05) is 13.2 Å². The second kappa shape index (κ2) is 14.6. The van der Waals surface area contributed by atoms with Crippen LogP contribution in [0, 0.1) is 31.4 Å². The molecule has 330 valence electrons. The first-order chi connectivity index (χ1) is 30.7. The summed E-state index contributed by atoms with van der Waals surface area (Å²) >= 11 is 0. The number of hydrogen-bond acceptors (Lipinski definition) is 8. The van der Waals surface area contributed by atoms with Gasteiger partial charge in [0.05, 0.1) is 39.8 Å². The van der Waals surface area contributed by atoms with Crippen molar-refractivity contribution < 1.29 is 18.0 Å². The van der Waals surface area contributed by atoms with Gasteiger partial charge in [-0.3, -0.25) is 28.2 Å². The predicted octanol–water partition coefficient (Wildman–Crippen LogP) is 7.63. The Kier molecular flexibility index (Phi) is 9.20. The fourth-order valence-electron chi connectivity index (χ4n) is 10.8. The molecule has 1 N–H and O–H groups in total. The van der Waals surface area contributed by atoms with Crippen LogP contribution in [-0.2, 0) is 36.8 Å². The molecule has 0 spiro atoms. The molecule has 11 rings (SSSR count). The van der Waals surface area contributed by atoms with Gasteiger partial charge in [-0.05, 0) is 137 Å². The van der Waals surface area contributed by atoms with E-state index in [-0.39, 0.29) is 23.0 Å². The highest BCUT2D eigenvalue weighted by atomic mass is 19.1. The van der Waals surface area contributed by atoms with Gasteiger partial charge in [-0.25, -0.2) is 23.1 Å². The van der Waals surface area contributed by atoms with Crippen molar-refractivity contribution in [1.29, 1.82) is 0 Å². The number of H-pyrrole nitrogens is 1. The van der Waals surface area contributed by atoms with E-state index in [1.54, 1.807) is 66.9 Å². The van der Waals surface area contributed by atoms with Crippen LogP contribution in [0.15, 0.2) is 81.2 Å². The average molecular weight is 869 g/mol. The van der Waals surface area contributed by atoms with Gasteiger partial charge in [0.15, 0.2) is 11.6 Å². The third-order valence-electron chi connectivity index (χ3n) is 14.1. The lowest BCUT2D eigenvalue weighted by Crippen LogP contribution is -2.33. The number of nitrogens with zero attached hydrogens (tertiary/aromatic N) is 9. The van der Waals surface area contributed by atoms with Gasteiger partial charge in [0.1, 0.15) is 17.2 Å². The Morgan fingerprint density at radius 2 is 1.72 bits per heavy atom. The highest BCUT2D eigenvalue weighted by molar-refractivity contribution is 5.83. The summed E-state index contributed by atoms with van der Waals surface area (Å²) in [6, 6.07) is 15.9. The lowest BCUT2D eigenvalue weighted by Gasteiger charge is -2.35. The number of aromatic nitrogens is 9. The van der Waals surface area contributed by atoms with Gasteiger partial charge in [0.2, 0.25) is 0 Å². The van der Waals surface area contributed by atoms with E-state index < -0.39 is 22.8 Å². The van der Waals surface area contributed by atoms with Crippen LogP contribution in [-0.4, -0.2) is 67.1 Å². The van der Waals surface area contributed by atoms with Crippen molar-refractivity contribution in [2.45, 2.75) is 96.9 Å². The molecule has 7 heterocycles. The Hall–Kier alpha value is -6.39. The van der Waals surface area contributed by atoms with Crippen molar-refractivity contribution in [3.63, 3.8) is 0 Å². The van der Waals surface area contributed by atoms with Gasteiger partial charge in [-0.1, -0.05) is 18.1 Å². The summed E-state index contributed by atoms with van der Waals surface area (Å²) in [7, 11) is 1.74. The topological polar surface area (TPSA) is 139 Å². The van der Waals surface area contributed by atoms with Gasteiger partial charge in [-0.15, -0.1) is 0 Å². The number of ether oxygens (including phenoxy) is 1. The summed E-state index contributed by atoms with van der Waals surface area (Å²) in [5.74, 6) is 0.111. The summed E-state index contributed by atoms with van der Waals surface area (Å²) in [5.41, 5.74) is 6.01. The second-order valence-electron chi connectivity index (χ2n) is 18.8. The lowest BCUT2D eigenvalue weighted by atomic mass is 9.83. The number of imidazole rings is 1. The summed E-state index contributed by atoms with van der Waals surface area (Å²) in [6.45, 7) is 12.3. The van der Waals surface area contributed by atoms with Crippen LogP contribution in [0.25, 0.3) is 39.0 Å². The highest BCUT2D eigenvalue weighted by Crippen LogP contribution is 2.56. The SMILES string of the molecule is Cc1cc(-n2nc3c(c2-n2ccn(-c4ccc5c(cnn5C)c4F)c2=O)CN(Cc2cc4cc([C@H]5CCOC(C)(C)C5)ccc4n2[C@@]2(c4noc(=O)[nH]4)C[C@@H]2C)CCC3)cc(C)c1F. The molecule has 64 heavy (non-hydrogen) atoms. The molecule has 1 aliphatic carbocycles. The molecule has 3 aromatic carbocycles. The number of rotatable bonds is 8. The fraction of sp³-hybridized carbons (Fsp3) is 0.396. The Balaban J connectivity index is 1.03. The van der Waals surface area contributed by atoms with Crippen LogP contribution >= 0.6 is 0 Å². The Morgan fingerprint density at radius 3 is 2.45 bits per heavy atom. The van der Waals surface area contributed by atoms with E-state index in [0.717, 1.165) is 60.1 Å². The molecule has 8 aromatic rings. The first-order valence-corrected chi connectivity index (χ1v) is 22.1. The molecule has 0 bridgehead atoms. The molecule has 0 unspecified atom stereocenters. The molecule has 3 aliphatic rings. The van der Waals surface area contributed by atoms with Crippen molar-refractivity contribution >= 4 is 21.8 Å². The van der Waals surface area contributed by atoms with Crippen LogP contribution in [0.5, 0.6) is 0 Å². The fourth-order valence-corrected chi connectivity index (χ4v) is 10.8. The third kappa shape index (κ3) is 6.35. The maximum absolute atomic E-state index is 16.1. The lowest BCUT2D eigenvalue weighted by molar-refractivity contribution is -0.0592. The first-order valence-electron chi connectivity index (χ1n) is 22.1. The maximum atomic E-state index is 16.1. The number of halogens is 2. The number of aryl methyl sites for hydroxylation is 4. The Labute approximate surface area is 366 Å². The van der Waals surface area contributed by atoms with Crippen LogP contribution in [0.2, 0.25) is 0 Å². The van der Waals surface area contributed by atoms with Crippen LogP contribution in [0.1, 0.15) is 91.8 Å². The summed E-state index contributed by atoms with van der Waals surface area (Å²) in [5, 5.41) is 15.1. The minimum Gasteiger partial charge on any atom is -0.376 e. The molecular weight excluding hydrogens is 819 g/mol. The number of aromatic amines is 1. The zero-order valence-electron chi connectivity index (χ0n) is 36.8. The van der Waals surface area contributed by atoms with E-state index in [2.05, 4.69) is 69.7 Å². The van der Waals surface area contributed by atoms with Crippen molar-refractivity contribution in [1.82, 2.24) is 48.3 Å². The number of nitrogens with one attached hydrogen (secondary N) is 1. The molecule has 16 heteroatoms. The number of hydrogen-bond donors (Lipinski definition) is 1. The largest absolute Gasteiger partial charge is 0.438 e. The predicted molar refractivity (Wildman–Crippen MR) is 237 cm³/mol. The highest BCUT2D eigenvalue weighted by Gasteiger charge is 2.58. The summed E-state index contributed by atoms with van der Waals surface area (Å²) in [4.78, 5) is 32.4. The molecule has 3 atom stereocenters. The van der Waals surface area contributed by atoms with Crippen LogP contribution in [0.3, 0.4) is 0 Å². The van der Waals surface area contributed by atoms with E-state index in [9.17, 15) is 9.59 Å². The molecule has 5 aromatic heterocycles. The second-order valence-corrected chi connectivity index (χ2v) is 18.8. The summed E-state index contributed by atoms with van der Waals surface area (Å²) in [6.07, 6.45) is 8.76. The first kappa shape index (κ1) is 40.4. The number of fused-ring (bicyclic) bond motifs is 3. The van der Waals surface area contributed by atoms with E-state index in [1.807, 2.05) is 0 Å². The monoisotopic (exact) mass is 868 g/mol. The van der Waals surface area contributed by atoms with E-state index in [0.29, 0.717) is 71.4 Å². The van der Waals surface area contributed by atoms with Gasteiger partial charge < -0.3 is 9.30 Å². The Bertz CT molecular complexity index is 3270. The quantitative estimate of drug-likeness (QED) is 0.165. The molecule has 14 nitrogen and oxygen atoms in total. The summed E-state index contributed by atoms with van der Waals surface area (Å²) < 4.78 is 50.9. The van der Waals surface area contributed by atoms with Crippen LogP contribution in [0.4, 0.5) is 8.78 Å². The standard InChI is InChI=1S/C48H50F2N10O4/c1-27-18-33(19-28(2)41(27)49)60-43(58-16-15-57(46(58)62)40-12-11-39-35(42(40)50)24-51-55(39)6)36-26-56(14-7-8-37(36)53-60)25-34-21-32-20-30(31-13-17-63-47(4,5)23-31)9-10-38(32)59(34)48(22-29(48)3)44-52-45(61)64-54-44/h9-12,15-16,18-21,24,29,31H,7-8,13-14,17,22-23,25-26H2,1-6H3,(H,52,54,61)/t29-,31-,48-/m0/s1. The van der Waals surface area contributed by atoms with E-state index in [1.165, 1.54) is 20.9 Å². The Morgan fingerprint density at radius 1 is 0.953 bits per heavy atom. The molecular formula is C48H50F2N10O4. The van der Waals surface area contributed by atoms with E-state index in [4.69, 9.17) is 14.4 Å². The zero-order valence-corrected chi connectivity index (χ0v) is 36.8. The minimum absolute atomic E-state index is 0.102. The van der Waals surface area contributed by atoms with Gasteiger partial charge >= 0.3 is 11.4 Å². The van der Waals surface area contributed by atoms with Crippen molar-refractivity contribution in [3.05, 3.63) is 139 Å². The molecule has 1 saturated carbocycles. The van der Waals surface area contributed by atoms with Gasteiger partial charge in [0, 0.05) is 61.3 Å². The molecule has 2 fully saturated rings. The smallest absolute Gasteiger partial charge is 0.376 e. The molecule has 2 aliphatic heterocycles.